The molecule has 6 heteroatoms. The van der Waals surface area contributed by atoms with Gasteiger partial charge in [0.05, 0.1) is 12.6 Å². The van der Waals surface area contributed by atoms with Crippen LogP contribution in [0.2, 0.25) is 5.15 Å². The maximum Gasteiger partial charge on any atom is 0.199 e. The van der Waals surface area contributed by atoms with E-state index in [2.05, 4.69) is 15.3 Å². The van der Waals surface area contributed by atoms with Crippen LogP contribution in [0.1, 0.15) is 0 Å². The van der Waals surface area contributed by atoms with Crippen LogP contribution >= 0.6 is 11.6 Å². The Bertz CT molecular complexity index is 321. The molecule has 2 rings (SSSR count). The van der Waals surface area contributed by atoms with Crippen LogP contribution in [0, 0.1) is 0 Å². The van der Waals surface area contributed by atoms with E-state index in [9.17, 15) is 0 Å². The van der Waals surface area contributed by atoms with Crippen molar-refractivity contribution in [2.75, 3.05) is 18.5 Å². The lowest BCUT2D eigenvalue weighted by atomic mass is 10.3. The Morgan fingerprint density at radius 3 is 3.31 bits per heavy atom. The molecule has 1 aliphatic heterocycles. The van der Waals surface area contributed by atoms with E-state index in [-0.39, 0.29) is 17.8 Å². The van der Waals surface area contributed by atoms with Gasteiger partial charge in [-0.15, -0.1) is 0 Å². The molecule has 0 aromatic carbocycles. The van der Waals surface area contributed by atoms with Gasteiger partial charge >= 0.3 is 0 Å². The van der Waals surface area contributed by atoms with Crippen molar-refractivity contribution < 1.29 is 9.84 Å². The zero-order valence-electron chi connectivity index (χ0n) is 6.70. The second-order valence-electron chi connectivity index (χ2n) is 2.68. The molecule has 1 aliphatic rings. The first kappa shape index (κ1) is 8.52. The van der Waals surface area contributed by atoms with E-state index in [1.807, 2.05) is 0 Å². The van der Waals surface area contributed by atoms with E-state index in [0.29, 0.717) is 18.2 Å². The summed E-state index contributed by atoms with van der Waals surface area (Å²) in [6, 6.07) is -0.126. The number of halogens is 1. The Balaban J connectivity index is 2.31. The van der Waals surface area contributed by atoms with E-state index in [1.54, 1.807) is 0 Å². The van der Waals surface area contributed by atoms with Crippen LogP contribution < -0.4 is 10.1 Å². The summed E-state index contributed by atoms with van der Waals surface area (Å²) in [5.74, 6) is 0.985. The Morgan fingerprint density at radius 1 is 1.69 bits per heavy atom. The molecule has 1 unspecified atom stereocenters. The van der Waals surface area contributed by atoms with Crippen molar-refractivity contribution in [1.82, 2.24) is 9.97 Å². The molecule has 0 aliphatic carbocycles. The molecule has 0 spiro atoms. The SMILES string of the molecule is OCC1COc2c(Cl)ncnc2N1. The number of hydrogen-bond donors (Lipinski definition) is 2. The van der Waals surface area contributed by atoms with Gasteiger partial charge in [0.2, 0.25) is 0 Å². The molecule has 13 heavy (non-hydrogen) atoms. The minimum Gasteiger partial charge on any atom is -0.485 e. The van der Waals surface area contributed by atoms with Crippen molar-refractivity contribution in [3.05, 3.63) is 11.5 Å². The smallest absolute Gasteiger partial charge is 0.199 e. The third kappa shape index (κ3) is 1.52. The second kappa shape index (κ2) is 3.35. The van der Waals surface area contributed by atoms with Crippen molar-refractivity contribution >= 4 is 17.4 Å². The number of hydrogen-bond acceptors (Lipinski definition) is 5. The summed E-state index contributed by atoms with van der Waals surface area (Å²) in [7, 11) is 0. The van der Waals surface area contributed by atoms with Crippen molar-refractivity contribution in [1.29, 1.82) is 0 Å². The lowest BCUT2D eigenvalue weighted by Crippen LogP contribution is -2.35. The van der Waals surface area contributed by atoms with Gasteiger partial charge in [0, 0.05) is 0 Å². The third-order valence-electron chi connectivity index (χ3n) is 1.75. The van der Waals surface area contributed by atoms with Crippen LogP contribution in [0.5, 0.6) is 5.75 Å². The highest BCUT2D eigenvalue weighted by atomic mass is 35.5. The molecule has 0 amide bonds. The predicted molar refractivity (Wildman–Crippen MR) is 47.0 cm³/mol. The number of anilines is 1. The summed E-state index contributed by atoms with van der Waals surface area (Å²) in [5.41, 5.74) is 0. The number of fused-ring (bicyclic) bond motifs is 1. The quantitative estimate of drug-likeness (QED) is 0.640. The van der Waals surface area contributed by atoms with Crippen LogP contribution in [0.15, 0.2) is 6.33 Å². The Labute approximate surface area is 79.7 Å². The van der Waals surface area contributed by atoms with E-state index in [4.69, 9.17) is 21.4 Å². The summed E-state index contributed by atoms with van der Waals surface area (Å²) in [4.78, 5) is 7.71. The summed E-state index contributed by atoms with van der Waals surface area (Å²) in [6.45, 7) is 0.373. The fraction of sp³-hybridized carbons (Fsp3) is 0.429. The molecule has 5 nitrogen and oxygen atoms in total. The summed E-state index contributed by atoms with van der Waals surface area (Å²) >= 11 is 5.75. The maximum absolute atomic E-state index is 8.87. The first-order valence-corrected chi connectivity index (χ1v) is 4.19. The average Bonchev–Trinajstić information content (AvgIpc) is 2.18. The molecule has 0 saturated heterocycles. The van der Waals surface area contributed by atoms with Gasteiger partial charge in [-0.2, -0.15) is 0 Å². The number of ether oxygens (including phenoxy) is 1. The van der Waals surface area contributed by atoms with Gasteiger partial charge in [-0.1, -0.05) is 11.6 Å². The molecule has 0 radical (unpaired) electrons. The lowest BCUT2D eigenvalue weighted by molar-refractivity contribution is 0.206. The molecule has 1 aromatic rings. The first-order valence-electron chi connectivity index (χ1n) is 3.82. The number of aromatic nitrogens is 2. The van der Waals surface area contributed by atoms with Crippen molar-refractivity contribution in [2.24, 2.45) is 0 Å². The van der Waals surface area contributed by atoms with Gasteiger partial charge in [0.15, 0.2) is 16.7 Å². The fourth-order valence-electron chi connectivity index (χ4n) is 1.10. The lowest BCUT2D eigenvalue weighted by Gasteiger charge is -2.24. The summed E-state index contributed by atoms with van der Waals surface area (Å²) in [5, 5.41) is 12.1. The predicted octanol–water partition coefficient (Wildman–Crippen LogP) is 0.295. The molecule has 0 fully saturated rings. The van der Waals surface area contributed by atoms with Gasteiger partial charge in [-0.25, -0.2) is 9.97 Å². The maximum atomic E-state index is 8.87. The van der Waals surface area contributed by atoms with Crippen molar-refractivity contribution in [3.63, 3.8) is 0 Å². The largest absolute Gasteiger partial charge is 0.485 e. The minimum absolute atomic E-state index is 0.00105. The number of aliphatic hydroxyl groups excluding tert-OH is 1. The summed E-state index contributed by atoms with van der Waals surface area (Å²) in [6.07, 6.45) is 1.34. The monoisotopic (exact) mass is 201 g/mol. The highest BCUT2D eigenvalue weighted by molar-refractivity contribution is 6.31. The molecule has 2 heterocycles. The zero-order chi connectivity index (χ0) is 9.26. The molecule has 70 valence electrons. The van der Waals surface area contributed by atoms with Crippen molar-refractivity contribution in [2.45, 2.75) is 6.04 Å². The van der Waals surface area contributed by atoms with Crippen LogP contribution in [0.4, 0.5) is 5.82 Å². The first-order chi connectivity index (χ1) is 6.31. The average molecular weight is 202 g/mol. The molecule has 1 aromatic heterocycles. The van der Waals surface area contributed by atoms with Gasteiger partial charge in [0.25, 0.3) is 0 Å². The minimum atomic E-state index is -0.126. The number of rotatable bonds is 1. The highest BCUT2D eigenvalue weighted by Gasteiger charge is 2.21. The second-order valence-corrected chi connectivity index (χ2v) is 3.04. The van der Waals surface area contributed by atoms with Gasteiger partial charge in [-0.3, -0.25) is 0 Å². The topological polar surface area (TPSA) is 67.3 Å². The molecule has 0 saturated carbocycles. The standard InChI is InChI=1S/C7H8ClN3O2/c8-6-5-7(10-3-9-6)11-4(1-12)2-13-5/h3-4,12H,1-2H2,(H,9,10,11). The van der Waals surface area contributed by atoms with Crippen LogP contribution in [-0.2, 0) is 0 Å². The molecular formula is C7H8ClN3O2. The molecule has 1 atom stereocenters. The van der Waals surface area contributed by atoms with Crippen molar-refractivity contribution in [3.8, 4) is 5.75 Å². The van der Waals surface area contributed by atoms with E-state index < -0.39 is 0 Å². The van der Waals surface area contributed by atoms with Crippen LogP contribution in [-0.4, -0.2) is 34.3 Å². The fourth-order valence-corrected chi connectivity index (χ4v) is 1.29. The van der Waals surface area contributed by atoms with Gasteiger partial charge < -0.3 is 15.2 Å². The number of aliphatic hydroxyl groups is 1. The van der Waals surface area contributed by atoms with Crippen LogP contribution in [0.3, 0.4) is 0 Å². The number of nitrogens with zero attached hydrogens (tertiary/aromatic N) is 2. The Kier molecular flexibility index (Phi) is 2.20. The molecular weight excluding hydrogens is 194 g/mol. The zero-order valence-corrected chi connectivity index (χ0v) is 7.45. The normalized spacial score (nSPS) is 20.0. The van der Waals surface area contributed by atoms with E-state index >= 15 is 0 Å². The van der Waals surface area contributed by atoms with Gasteiger partial charge in [-0.05, 0) is 0 Å². The highest BCUT2D eigenvalue weighted by Crippen LogP contribution is 2.31. The Morgan fingerprint density at radius 2 is 2.54 bits per heavy atom. The van der Waals surface area contributed by atoms with E-state index in [1.165, 1.54) is 6.33 Å². The molecule has 0 bridgehead atoms. The Hall–Kier alpha value is -1.07. The third-order valence-corrected chi connectivity index (χ3v) is 2.02. The van der Waals surface area contributed by atoms with Crippen LogP contribution in [0.25, 0.3) is 0 Å². The number of nitrogens with one attached hydrogen (secondary N) is 1. The molecule has 2 N–H and O–H groups in total. The van der Waals surface area contributed by atoms with E-state index in [0.717, 1.165) is 0 Å². The summed E-state index contributed by atoms with van der Waals surface area (Å²) < 4.78 is 5.28. The van der Waals surface area contributed by atoms with Gasteiger partial charge in [0.1, 0.15) is 12.9 Å².